The van der Waals surface area contributed by atoms with Gasteiger partial charge in [0.05, 0.1) is 11.5 Å². The Morgan fingerprint density at radius 1 is 1.18 bits per heavy atom. The zero-order valence-corrected chi connectivity index (χ0v) is 13.7. The zero-order chi connectivity index (χ0) is 15.5. The number of Topliss-reactive ketones (excluding diaryl/α,β-unsaturated/α-hetero) is 1. The van der Waals surface area contributed by atoms with E-state index >= 15 is 0 Å². The minimum Gasteiger partial charge on any atom is -0.369 e. The summed E-state index contributed by atoms with van der Waals surface area (Å²) in [5.74, 6) is 0.0192. The molecule has 0 fully saturated rings. The lowest BCUT2D eigenvalue weighted by Gasteiger charge is -2.03. The number of thiophene rings is 1. The van der Waals surface area contributed by atoms with Crippen molar-refractivity contribution in [3.8, 4) is 0 Å². The van der Waals surface area contributed by atoms with Gasteiger partial charge < -0.3 is 4.74 Å². The van der Waals surface area contributed by atoms with Crippen LogP contribution < -0.4 is 0 Å². The summed E-state index contributed by atoms with van der Waals surface area (Å²) < 4.78 is 6.62. The lowest BCUT2D eigenvalue weighted by atomic mass is 10.1. The van der Waals surface area contributed by atoms with E-state index in [0.717, 1.165) is 26.1 Å². The van der Waals surface area contributed by atoms with Gasteiger partial charge in [0.15, 0.2) is 5.78 Å². The molecule has 1 heterocycles. The fourth-order valence-electron chi connectivity index (χ4n) is 2.36. The van der Waals surface area contributed by atoms with E-state index in [-0.39, 0.29) is 12.4 Å². The smallest absolute Gasteiger partial charge is 0.198 e. The van der Waals surface area contributed by atoms with Crippen LogP contribution in [0.25, 0.3) is 10.1 Å². The van der Waals surface area contributed by atoms with Crippen LogP contribution in [0.2, 0.25) is 5.02 Å². The number of rotatable bonds is 5. The lowest BCUT2D eigenvalue weighted by Crippen LogP contribution is -2.08. The van der Waals surface area contributed by atoms with Crippen molar-refractivity contribution in [1.82, 2.24) is 0 Å². The van der Waals surface area contributed by atoms with Crippen molar-refractivity contribution >= 4 is 38.8 Å². The third-order valence-corrected chi connectivity index (χ3v) is 5.05. The van der Waals surface area contributed by atoms with E-state index in [1.807, 2.05) is 55.5 Å². The Labute approximate surface area is 138 Å². The van der Waals surface area contributed by atoms with Crippen LogP contribution in [0.4, 0.5) is 0 Å². The number of carbonyl (C=O) groups is 1. The standard InChI is InChI=1S/C18H15ClO2S/c1-12-15-9-14(19)7-8-17(15)22-18(12)16(20)11-21-10-13-5-3-2-4-6-13/h2-9H,10-11H2,1H3. The predicted molar refractivity (Wildman–Crippen MR) is 92.0 cm³/mol. The minimum atomic E-state index is 0.0192. The van der Waals surface area contributed by atoms with Gasteiger partial charge in [-0.15, -0.1) is 11.3 Å². The molecule has 0 N–H and O–H groups in total. The molecular weight excluding hydrogens is 316 g/mol. The van der Waals surface area contributed by atoms with Crippen LogP contribution >= 0.6 is 22.9 Å². The molecule has 0 aliphatic carbocycles. The van der Waals surface area contributed by atoms with Gasteiger partial charge in [0, 0.05) is 9.72 Å². The van der Waals surface area contributed by atoms with E-state index in [1.165, 1.54) is 11.3 Å². The largest absolute Gasteiger partial charge is 0.369 e. The van der Waals surface area contributed by atoms with Gasteiger partial charge in [0.2, 0.25) is 0 Å². The summed E-state index contributed by atoms with van der Waals surface area (Å²) in [5, 5.41) is 1.73. The highest BCUT2D eigenvalue weighted by Gasteiger charge is 2.15. The highest BCUT2D eigenvalue weighted by atomic mass is 35.5. The van der Waals surface area contributed by atoms with Crippen LogP contribution in [-0.2, 0) is 11.3 Å². The van der Waals surface area contributed by atoms with Crippen LogP contribution in [0.15, 0.2) is 48.5 Å². The lowest BCUT2D eigenvalue weighted by molar-refractivity contribution is 0.0730. The third-order valence-electron chi connectivity index (χ3n) is 3.50. The summed E-state index contributed by atoms with van der Waals surface area (Å²) in [5.41, 5.74) is 2.05. The highest BCUT2D eigenvalue weighted by Crippen LogP contribution is 2.32. The van der Waals surface area contributed by atoms with Crippen molar-refractivity contribution < 1.29 is 9.53 Å². The van der Waals surface area contributed by atoms with Crippen molar-refractivity contribution in [3.05, 3.63) is 69.6 Å². The number of benzene rings is 2. The summed E-state index contributed by atoms with van der Waals surface area (Å²) in [6, 6.07) is 15.6. The molecule has 2 aromatic carbocycles. The van der Waals surface area contributed by atoms with Crippen LogP contribution in [0, 0.1) is 6.92 Å². The van der Waals surface area contributed by atoms with Crippen molar-refractivity contribution in [1.29, 1.82) is 0 Å². The molecule has 0 radical (unpaired) electrons. The third kappa shape index (κ3) is 3.22. The molecule has 22 heavy (non-hydrogen) atoms. The van der Waals surface area contributed by atoms with E-state index in [9.17, 15) is 4.79 Å². The molecule has 0 aliphatic heterocycles. The van der Waals surface area contributed by atoms with E-state index in [2.05, 4.69) is 0 Å². The molecule has 2 nitrogen and oxygen atoms in total. The van der Waals surface area contributed by atoms with Gasteiger partial charge in [-0.2, -0.15) is 0 Å². The second-order valence-corrected chi connectivity index (χ2v) is 6.59. The maximum atomic E-state index is 12.4. The first-order chi connectivity index (χ1) is 10.6. The molecule has 0 saturated carbocycles. The van der Waals surface area contributed by atoms with E-state index in [0.29, 0.717) is 11.6 Å². The average molecular weight is 331 g/mol. The van der Waals surface area contributed by atoms with Crippen LogP contribution in [-0.4, -0.2) is 12.4 Å². The van der Waals surface area contributed by atoms with Crippen molar-refractivity contribution in [2.75, 3.05) is 6.61 Å². The van der Waals surface area contributed by atoms with Gasteiger partial charge in [-0.05, 0) is 41.6 Å². The molecule has 0 bridgehead atoms. The zero-order valence-electron chi connectivity index (χ0n) is 12.1. The molecule has 0 unspecified atom stereocenters. The Morgan fingerprint density at radius 3 is 2.73 bits per heavy atom. The van der Waals surface area contributed by atoms with Gasteiger partial charge >= 0.3 is 0 Å². The monoisotopic (exact) mass is 330 g/mol. The van der Waals surface area contributed by atoms with Crippen molar-refractivity contribution in [3.63, 3.8) is 0 Å². The van der Waals surface area contributed by atoms with Gasteiger partial charge in [-0.1, -0.05) is 41.9 Å². The number of hydrogen-bond acceptors (Lipinski definition) is 3. The Bertz CT molecular complexity index is 809. The Hall–Kier alpha value is -1.68. The van der Waals surface area contributed by atoms with Gasteiger partial charge in [-0.25, -0.2) is 0 Å². The first-order valence-electron chi connectivity index (χ1n) is 6.98. The van der Waals surface area contributed by atoms with E-state index < -0.39 is 0 Å². The molecule has 3 rings (SSSR count). The summed E-state index contributed by atoms with van der Waals surface area (Å²) in [7, 11) is 0. The predicted octanol–water partition coefficient (Wildman–Crippen LogP) is 5.26. The van der Waals surface area contributed by atoms with Crippen LogP contribution in [0.3, 0.4) is 0 Å². The Kier molecular flexibility index (Phi) is 4.57. The van der Waals surface area contributed by atoms with Crippen molar-refractivity contribution in [2.45, 2.75) is 13.5 Å². The highest BCUT2D eigenvalue weighted by molar-refractivity contribution is 7.21. The molecule has 3 aromatic rings. The van der Waals surface area contributed by atoms with Gasteiger partial charge in [-0.3, -0.25) is 4.79 Å². The molecule has 0 spiro atoms. The molecule has 112 valence electrons. The average Bonchev–Trinajstić information content (AvgIpc) is 2.85. The second kappa shape index (κ2) is 6.61. The SMILES string of the molecule is Cc1c(C(=O)COCc2ccccc2)sc2ccc(Cl)cc12. The fraction of sp³-hybridized carbons (Fsp3) is 0.167. The number of ether oxygens (including phenoxy) is 1. The topological polar surface area (TPSA) is 26.3 Å². The summed E-state index contributed by atoms with van der Waals surface area (Å²) in [6.45, 7) is 2.50. The number of aryl methyl sites for hydroxylation is 1. The van der Waals surface area contributed by atoms with Crippen LogP contribution in [0.5, 0.6) is 0 Å². The Balaban J connectivity index is 1.71. The number of ketones is 1. The molecule has 0 amide bonds. The number of carbonyl (C=O) groups excluding carboxylic acids is 1. The molecule has 4 heteroatoms. The molecule has 0 aliphatic rings. The first-order valence-corrected chi connectivity index (χ1v) is 8.18. The number of hydrogen-bond donors (Lipinski definition) is 0. The second-order valence-electron chi connectivity index (χ2n) is 5.10. The normalized spacial score (nSPS) is 11.0. The van der Waals surface area contributed by atoms with Gasteiger partial charge in [0.1, 0.15) is 6.61 Å². The summed E-state index contributed by atoms with van der Waals surface area (Å²) in [6.07, 6.45) is 0. The van der Waals surface area contributed by atoms with E-state index in [4.69, 9.17) is 16.3 Å². The quantitative estimate of drug-likeness (QED) is 0.596. The summed E-state index contributed by atoms with van der Waals surface area (Å²) >= 11 is 7.52. The van der Waals surface area contributed by atoms with Crippen LogP contribution in [0.1, 0.15) is 20.8 Å². The first kappa shape index (κ1) is 15.2. The maximum absolute atomic E-state index is 12.4. The summed E-state index contributed by atoms with van der Waals surface area (Å²) in [4.78, 5) is 13.1. The molecule has 0 atom stereocenters. The molecule has 1 aromatic heterocycles. The Morgan fingerprint density at radius 2 is 1.95 bits per heavy atom. The molecule has 0 saturated heterocycles. The minimum absolute atomic E-state index is 0.0192. The van der Waals surface area contributed by atoms with Gasteiger partial charge in [0.25, 0.3) is 0 Å². The number of halogens is 1. The fourth-order valence-corrected chi connectivity index (χ4v) is 3.65. The van der Waals surface area contributed by atoms with Crippen molar-refractivity contribution in [2.24, 2.45) is 0 Å². The number of fused-ring (bicyclic) bond motifs is 1. The van der Waals surface area contributed by atoms with E-state index in [1.54, 1.807) is 0 Å². The molecular formula is C18H15ClO2S. The maximum Gasteiger partial charge on any atom is 0.198 e.